The summed E-state index contributed by atoms with van der Waals surface area (Å²) in [7, 11) is 0. The zero-order valence-corrected chi connectivity index (χ0v) is 10.4. The molecule has 1 aromatic heterocycles. The Morgan fingerprint density at radius 1 is 1.24 bits per heavy atom. The van der Waals surface area contributed by atoms with Crippen molar-refractivity contribution in [1.82, 2.24) is 9.78 Å². The second-order valence-electron chi connectivity index (χ2n) is 4.21. The van der Waals surface area contributed by atoms with E-state index >= 15 is 0 Å². The van der Waals surface area contributed by atoms with Gasteiger partial charge in [-0.25, -0.2) is 0 Å². The van der Waals surface area contributed by atoms with Crippen LogP contribution < -0.4 is 4.74 Å². The predicted molar refractivity (Wildman–Crippen MR) is 68.0 cm³/mol. The third-order valence-electron chi connectivity index (χ3n) is 2.59. The van der Waals surface area contributed by atoms with Crippen molar-refractivity contribution >= 4 is 0 Å². The average molecular weight is 230 g/mol. The van der Waals surface area contributed by atoms with Gasteiger partial charge < -0.3 is 4.74 Å². The molecule has 1 aromatic carbocycles. The maximum atomic E-state index is 5.68. The third kappa shape index (κ3) is 3.34. The molecule has 3 heteroatoms. The Bertz CT molecular complexity index is 459. The second kappa shape index (κ2) is 5.53. The molecule has 17 heavy (non-hydrogen) atoms. The van der Waals surface area contributed by atoms with Crippen LogP contribution in [0.4, 0.5) is 0 Å². The van der Waals surface area contributed by atoms with Gasteiger partial charge in [0, 0.05) is 6.54 Å². The zero-order valence-electron chi connectivity index (χ0n) is 10.4. The van der Waals surface area contributed by atoms with Crippen LogP contribution in [0.1, 0.15) is 24.5 Å². The Morgan fingerprint density at radius 2 is 2.00 bits per heavy atom. The van der Waals surface area contributed by atoms with Crippen molar-refractivity contribution in [2.24, 2.45) is 0 Å². The van der Waals surface area contributed by atoms with Crippen molar-refractivity contribution in [2.45, 2.75) is 33.4 Å². The highest BCUT2D eigenvalue weighted by atomic mass is 16.5. The lowest BCUT2D eigenvalue weighted by Gasteiger charge is -2.03. The molecule has 1 heterocycles. The zero-order chi connectivity index (χ0) is 12.1. The molecule has 0 aliphatic carbocycles. The number of rotatable bonds is 5. The number of benzene rings is 1. The summed E-state index contributed by atoms with van der Waals surface area (Å²) >= 11 is 0. The van der Waals surface area contributed by atoms with Crippen LogP contribution in [0.15, 0.2) is 36.7 Å². The first-order valence-electron chi connectivity index (χ1n) is 5.98. The van der Waals surface area contributed by atoms with E-state index in [1.54, 1.807) is 6.20 Å². The van der Waals surface area contributed by atoms with Crippen LogP contribution in [0.5, 0.6) is 5.75 Å². The summed E-state index contributed by atoms with van der Waals surface area (Å²) in [6.07, 6.45) is 4.79. The first kappa shape index (κ1) is 11.7. The maximum Gasteiger partial charge on any atom is 0.157 e. The molecule has 0 bridgehead atoms. The van der Waals surface area contributed by atoms with Gasteiger partial charge in [0.2, 0.25) is 0 Å². The van der Waals surface area contributed by atoms with E-state index in [9.17, 15) is 0 Å². The fraction of sp³-hybridized carbons (Fsp3) is 0.357. The van der Waals surface area contributed by atoms with Gasteiger partial charge in [0.15, 0.2) is 5.75 Å². The lowest BCUT2D eigenvalue weighted by molar-refractivity contribution is 0.305. The molecular formula is C14H18N2O. The lowest BCUT2D eigenvalue weighted by atomic mass is 10.2. The molecule has 0 N–H and O–H groups in total. The Kier molecular flexibility index (Phi) is 3.81. The molecule has 0 aliphatic heterocycles. The number of hydrogen-bond acceptors (Lipinski definition) is 2. The van der Waals surface area contributed by atoms with Gasteiger partial charge in [-0.1, -0.05) is 36.8 Å². The van der Waals surface area contributed by atoms with Gasteiger partial charge in [0.05, 0.1) is 12.4 Å². The van der Waals surface area contributed by atoms with E-state index in [0.29, 0.717) is 6.61 Å². The number of aryl methyl sites for hydroxylation is 2. The fourth-order valence-corrected chi connectivity index (χ4v) is 1.62. The molecule has 0 unspecified atom stereocenters. The highest BCUT2D eigenvalue weighted by molar-refractivity contribution is 5.21. The van der Waals surface area contributed by atoms with Crippen LogP contribution >= 0.6 is 0 Å². The lowest BCUT2D eigenvalue weighted by Crippen LogP contribution is -1.96. The van der Waals surface area contributed by atoms with Gasteiger partial charge in [0.25, 0.3) is 0 Å². The van der Waals surface area contributed by atoms with E-state index in [1.807, 2.05) is 10.9 Å². The second-order valence-corrected chi connectivity index (χ2v) is 4.21. The highest BCUT2D eigenvalue weighted by Gasteiger charge is 1.99. The van der Waals surface area contributed by atoms with E-state index in [1.165, 1.54) is 11.1 Å². The smallest absolute Gasteiger partial charge is 0.157 e. The predicted octanol–water partition coefficient (Wildman–Crippen LogP) is 3.18. The van der Waals surface area contributed by atoms with Crippen LogP contribution in [0.25, 0.3) is 0 Å². The number of ether oxygens (including phenoxy) is 1. The number of nitrogens with zero attached hydrogens (tertiary/aromatic N) is 2. The van der Waals surface area contributed by atoms with Gasteiger partial charge in [-0.05, 0) is 18.9 Å². The molecule has 0 aliphatic rings. The van der Waals surface area contributed by atoms with Crippen LogP contribution in [-0.2, 0) is 13.2 Å². The summed E-state index contributed by atoms with van der Waals surface area (Å²) in [5, 5.41) is 4.22. The van der Waals surface area contributed by atoms with Gasteiger partial charge >= 0.3 is 0 Å². The Balaban J connectivity index is 1.90. The molecule has 3 nitrogen and oxygen atoms in total. The first-order valence-corrected chi connectivity index (χ1v) is 5.98. The molecule has 0 saturated carbocycles. The molecule has 0 spiro atoms. The van der Waals surface area contributed by atoms with E-state index in [2.05, 4.69) is 43.2 Å². The third-order valence-corrected chi connectivity index (χ3v) is 2.59. The average Bonchev–Trinajstić information content (AvgIpc) is 2.77. The van der Waals surface area contributed by atoms with Crippen molar-refractivity contribution in [3.8, 4) is 5.75 Å². The van der Waals surface area contributed by atoms with Crippen molar-refractivity contribution in [2.75, 3.05) is 0 Å². The number of hydrogen-bond donors (Lipinski definition) is 0. The molecule has 0 saturated heterocycles. The summed E-state index contributed by atoms with van der Waals surface area (Å²) in [5.74, 6) is 0.832. The van der Waals surface area contributed by atoms with Crippen LogP contribution in [0, 0.1) is 6.92 Å². The van der Waals surface area contributed by atoms with Gasteiger partial charge in [-0.3, -0.25) is 4.68 Å². The maximum absolute atomic E-state index is 5.68. The summed E-state index contributed by atoms with van der Waals surface area (Å²) < 4.78 is 7.58. The quantitative estimate of drug-likeness (QED) is 0.788. The molecule has 0 atom stereocenters. The Morgan fingerprint density at radius 3 is 2.71 bits per heavy atom. The number of aromatic nitrogens is 2. The molecule has 2 rings (SSSR count). The molecule has 0 fully saturated rings. The first-order chi connectivity index (χ1) is 8.28. The molecule has 0 radical (unpaired) electrons. The monoisotopic (exact) mass is 230 g/mol. The largest absolute Gasteiger partial charge is 0.486 e. The molecule has 90 valence electrons. The van der Waals surface area contributed by atoms with E-state index < -0.39 is 0 Å². The van der Waals surface area contributed by atoms with Gasteiger partial charge in [-0.2, -0.15) is 5.10 Å². The van der Waals surface area contributed by atoms with Crippen molar-refractivity contribution in [3.05, 3.63) is 47.8 Å². The Labute approximate surface area is 102 Å². The van der Waals surface area contributed by atoms with Crippen molar-refractivity contribution < 1.29 is 4.74 Å². The summed E-state index contributed by atoms with van der Waals surface area (Å²) in [6.45, 7) is 5.75. The minimum Gasteiger partial charge on any atom is -0.486 e. The molecule has 2 aromatic rings. The standard InChI is InChI=1S/C14H18N2O/c1-3-8-16-10-14(9-15-16)17-11-13-6-4-12(2)5-7-13/h4-7,9-10H,3,8,11H2,1-2H3. The van der Waals surface area contributed by atoms with Crippen molar-refractivity contribution in [1.29, 1.82) is 0 Å². The fourth-order valence-electron chi connectivity index (χ4n) is 1.62. The molecular weight excluding hydrogens is 212 g/mol. The topological polar surface area (TPSA) is 27.1 Å². The van der Waals surface area contributed by atoms with Crippen LogP contribution in [-0.4, -0.2) is 9.78 Å². The van der Waals surface area contributed by atoms with Crippen molar-refractivity contribution in [3.63, 3.8) is 0 Å². The van der Waals surface area contributed by atoms with Gasteiger partial charge in [0.1, 0.15) is 6.61 Å². The van der Waals surface area contributed by atoms with E-state index in [-0.39, 0.29) is 0 Å². The minimum absolute atomic E-state index is 0.595. The summed E-state index contributed by atoms with van der Waals surface area (Å²) in [5.41, 5.74) is 2.45. The minimum atomic E-state index is 0.595. The normalized spacial score (nSPS) is 10.5. The summed E-state index contributed by atoms with van der Waals surface area (Å²) in [4.78, 5) is 0. The van der Waals surface area contributed by atoms with Gasteiger partial charge in [-0.15, -0.1) is 0 Å². The Hall–Kier alpha value is -1.77. The SMILES string of the molecule is CCCn1cc(OCc2ccc(C)cc2)cn1. The van der Waals surface area contributed by atoms with E-state index in [4.69, 9.17) is 4.74 Å². The highest BCUT2D eigenvalue weighted by Crippen LogP contribution is 2.12. The van der Waals surface area contributed by atoms with E-state index in [0.717, 1.165) is 18.7 Å². The molecule has 0 amide bonds. The van der Waals surface area contributed by atoms with Crippen LogP contribution in [0.2, 0.25) is 0 Å². The van der Waals surface area contributed by atoms with Crippen LogP contribution in [0.3, 0.4) is 0 Å². The summed E-state index contributed by atoms with van der Waals surface area (Å²) in [6, 6.07) is 8.37.